The maximum absolute atomic E-state index is 10.6. The molecule has 0 unspecified atom stereocenters. The lowest BCUT2D eigenvalue weighted by molar-refractivity contribution is 0.0696. The predicted octanol–water partition coefficient (Wildman–Crippen LogP) is 1.88. The average molecular weight is 241 g/mol. The van der Waals surface area contributed by atoms with Crippen LogP contribution in [0, 0.1) is 0 Å². The normalized spacial score (nSPS) is 10.6. The van der Waals surface area contributed by atoms with E-state index < -0.39 is 5.97 Å². The molecule has 0 aromatic carbocycles. The molecule has 1 rings (SSSR count). The lowest BCUT2D eigenvalue weighted by atomic mass is 10.3. The molecule has 0 radical (unpaired) electrons. The summed E-state index contributed by atoms with van der Waals surface area (Å²) >= 11 is 0. The van der Waals surface area contributed by atoms with Crippen LogP contribution in [0.1, 0.15) is 35.9 Å². The van der Waals surface area contributed by atoms with Gasteiger partial charge in [-0.1, -0.05) is 6.92 Å². The standard InChI is InChI=1S/C12H19NO4/c1-2-5-16-6-3-4-13-8-11-7-10(9-17-11)12(14)15/h7,9,13H,2-6,8H2,1H3,(H,14,15). The van der Waals surface area contributed by atoms with Gasteiger partial charge >= 0.3 is 5.97 Å². The van der Waals surface area contributed by atoms with Gasteiger partial charge in [0.15, 0.2) is 0 Å². The van der Waals surface area contributed by atoms with Crippen molar-refractivity contribution >= 4 is 5.97 Å². The largest absolute Gasteiger partial charge is 0.478 e. The third-order valence-corrected chi connectivity index (χ3v) is 2.19. The van der Waals surface area contributed by atoms with Gasteiger partial charge in [0.1, 0.15) is 12.0 Å². The van der Waals surface area contributed by atoms with Crippen molar-refractivity contribution in [3.05, 3.63) is 23.7 Å². The fourth-order valence-corrected chi connectivity index (χ4v) is 1.34. The van der Waals surface area contributed by atoms with Crippen molar-refractivity contribution in [3.8, 4) is 0 Å². The number of carbonyl (C=O) groups is 1. The summed E-state index contributed by atoms with van der Waals surface area (Å²) in [6.07, 6.45) is 3.23. The molecule has 0 bridgehead atoms. The lowest BCUT2D eigenvalue weighted by Crippen LogP contribution is -2.16. The zero-order valence-corrected chi connectivity index (χ0v) is 10.1. The van der Waals surface area contributed by atoms with E-state index in [1.165, 1.54) is 12.3 Å². The number of hydrogen-bond acceptors (Lipinski definition) is 4. The summed E-state index contributed by atoms with van der Waals surface area (Å²) in [6, 6.07) is 1.53. The number of hydrogen-bond donors (Lipinski definition) is 2. The van der Waals surface area contributed by atoms with Crippen molar-refractivity contribution in [2.24, 2.45) is 0 Å². The first-order chi connectivity index (χ1) is 8.24. The zero-order chi connectivity index (χ0) is 12.5. The first-order valence-electron chi connectivity index (χ1n) is 5.83. The monoisotopic (exact) mass is 241 g/mol. The fraction of sp³-hybridized carbons (Fsp3) is 0.583. The molecule has 0 fully saturated rings. The second kappa shape index (κ2) is 7.86. The molecule has 0 aliphatic rings. The van der Waals surface area contributed by atoms with E-state index in [0.717, 1.165) is 32.6 Å². The summed E-state index contributed by atoms with van der Waals surface area (Å²) in [6.45, 7) is 5.00. The van der Waals surface area contributed by atoms with Crippen LogP contribution >= 0.6 is 0 Å². The number of furan rings is 1. The van der Waals surface area contributed by atoms with E-state index in [0.29, 0.717) is 12.3 Å². The van der Waals surface area contributed by atoms with E-state index in [1.807, 2.05) is 0 Å². The van der Waals surface area contributed by atoms with Gasteiger partial charge in [-0.2, -0.15) is 0 Å². The minimum Gasteiger partial charge on any atom is -0.478 e. The number of nitrogens with one attached hydrogen (secondary N) is 1. The molecule has 0 atom stereocenters. The Bertz CT molecular complexity index is 335. The van der Waals surface area contributed by atoms with E-state index in [9.17, 15) is 4.79 Å². The minimum absolute atomic E-state index is 0.188. The Morgan fingerprint density at radius 2 is 2.35 bits per heavy atom. The summed E-state index contributed by atoms with van der Waals surface area (Å²) in [5.74, 6) is -0.329. The minimum atomic E-state index is -0.965. The van der Waals surface area contributed by atoms with Crippen molar-refractivity contribution in [1.82, 2.24) is 5.32 Å². The molecule has 96 valence electrons. The Balaban J connectivity index is 2.07. The molecule has 0 saturated carbocycles. The summed E-state index contributed by atoms with van der Waals surface area (Å²) in [5, 5.41) is 11.9. The number of rotatable bonds is 9. The van der Waals surface area contributed by atoms with Gasteiger partial charge in [-0.05, 0) is 25.5 Å². The van der Waals surface area contributed by atoms with Crippen LogP contribution in [-0.2, 0) is 11.3 Å². The Morgan fingerprint density at radius 1 is 1.53 bits per heavy atom. The van der Waals surface area contributed by atoms with Gasteiger partial charge in [0.25, 0.3) is 0 Å². The van der Waals surface area contributed by atoms with Crippen LogP contribution in [0.3, 0.4) is 0 Å². The van der Waals surface area contributed by atoms with Gasteiger partial charge < -0.3 is 19.6 Å². The summed E-state index contributed by atoms with van der Waals surface area (Å²) < 4.78 is 10.4. The third kappa shape index (κ3) is 5.51. The van der Waals surface area contributed by atoms with Crippen molar-refractivity contribution in [1.29, 1.82) is 0 Å². The second-order valence-electron chi connectivity index (χ2n) is 3.75. The van der Waals surface area contributed by atoms with Crippen LogP contribution in [0.15, 0.2) is 16.7 Å². The summed E-state index contributed by atoms with van der Waals surface area (Å²) in [7, 11) is 0. The second-order valence-corrected chi connectivity index (χ2v) is 3.75. The van der Waals surface area contributed by atoms with Gasteiger partial charge in [0.2, 0.25) is 0 Å². The molecular formula is C12H19NO4. The SMILES string of the molecule is CCCOCCCNCc1cc(C(=O)O)co1. The molecule has 0 aliphatic heterocycles. The highest BCUT2D eigenvalue weighted by molar-refractivity contribution is 5.87. The molecule has 1 aromatic heterocycles. The predicted molar refractivity (Wildman–Crippen MR) is 63.1 cm³/mol. The van der Waals surface area contributed by atoms with Crippen LogP contribution in [0.5, 0.6) is 0 Å². The Hall–Kier alpha value is -1.33. The lowest BCUT2D eigenvalue weighted by Gasteiger charge is -2.03. The fourth-order valence-electron chi connectivity index (χ4n) is 1.34. The van der Waals surface area contributed by atoms with Gasteiger partial charge in [-0.15, -0.1) is 0 Å². The van der Waals surface area contributed by atoms with Crippen LogP contribution in [0.4, 0.5) is 0 Å². The maximum Gasteiger partial charge on any atom is 0.338 e. The average Bonchev–Trinajstić information content (AvgIpc) is 2.77. The molecule has 5 nitrogen and oxygen atoms in total. The molecule has 2 N–H and O–H groups in total. The van der Waals surface area contributed by atoms with Gasteiger partial charge in [0, 0.05) is 13.2 Å². The quantitative estimate of drug-likeness (QED) is 0.646. The molecule has 0 saturated heterocycles. The van der Waals surface area contributed by atoms with E-state index in [4.69, 9.17) is 14.3 Å². The third-order valence-electron chi connectivity index (χ3n) is 2.19. The van der Waals surface area contributed by atoms with Crippen molar-refractivity contribution in [3.63, 3.8) is 0 Å². The van der Waals surface area contributed by atoms with E-state index in [2.05, 4.69) is 12.2 Å². The van der Waals surface area contributed by atoms with Crippen LogP contribution in [-0.4, -0.2) is 30.8 Å². The molecule has 0 spiro atoms. The van der Waals surface area contributed by atoms with Gasteiger partial charge in [0.05, 0.1) is 12.1 Å². The highest BCUT2D eigenvalue weighted by atomic mass is 16.5. The van der Waals surface area contributed by atoms with Crippen LogP contribution in [0.25, 0.3) is 0 Å². The van der Waals surface area contributed by atoms with E-state index in [-0.39, 0.29) is 5.56 Å². The smallest absolute Gasteiger partial charge is 0.338 e. The molecule has 0 aliphatic carbocycles. The van der Waals surface area contributed by atoms with Gasteiger partial charge in [-0.25, -0.2) is 4.79 Å². The molecule has 1 heterocycles. The highest BCUT2D eigenvalue weighted by Gasteiger charge is 2.07. The topological polar surface area (TPSA) is 71.7 Å². The molecular weight excluding hydrogens is 222 g/mol. The summed E-state index contributed by atoms with van der Waals surface area (Å²) in [4.78, 5) is 10.6. The van der Waals surface area contributed by atoms with E-state index >= 15 is 0 Å². The van der Waals surface area contributed by atoms with Gasteiger partial charge in [-0.3, -0.25) is 0 Å². The Labute approximate surface area is 101 Å². The first kappa shape index (κ1) is 13.7. The van der Waals surface area contributed by atoms with Crippen molar-refractivity contribution in [2.45, 2.75) is 26.3 Å². The molecule has 17 heavy (non-hydrogen) atoms. The zero-order valence-electron chi connectivity index (χ0n) is 10.1. The number of ether oxygens (including phenoxy) is 1. The summed E-state index contributed by atoms with van der Waals surface area (Å²) in [5.41, 5.74) is 0.188. The highest BCUT2D eigenvalue weighted by Crippen LogP contribution is 2.07. The van der Waals surface area contributed by atoms with Crippen LogP contribution < -0.4 is 5.32 Å². The van der Waals surface area contributed by atoms with Crippen molar-refractivity contribution in [2.75, 3.05) is 19.8 Å². The molecule has 1 aromatic rings. The molecule has 0 amide bonds. The molecule has 5 heteroatoms. The number of carboxylic acids is 1. The number of carboxylic acid groups (broad SMARTS) is 1. The first-order valence-corrected chi connectivity index (χ1v) is 5.83. The van der Waals surface area contributed by atoms with Crippen LogP contribution in [0.2, 0.25) is 0 Å². The van der Waals surface area contributed by atoms with Crippen molar-refractivity contribution < 1.29 is 19.1 Å². The maximum atomic E-state index is 10.6. The van der Waals surface area contributed by atoms with E-state index in [1.54, 1.807) is 0 Å². The Kier molecular flexibility index (Phi) is 6.35. The number of aromatic carboxylic acids is 1. The Morgan fingerprint density at radius 3 is 3.00 bits per heavy atom.